The number of nitrogens with one attached hydrogen (secondary N) is 1. The van der Waals surface area contributed by atoms with Gasteiger partial charge in [0.15, 0.2) is 5.76 Å². The molecule has 2 heterocycles. The molecule has 2 fully saturated rings. The summed E-state index contributed by atoms with van der Waals surface area (Å²) in [5.41, 5.74) is 2.78. The molecular formula is C19H23NO4. The highest BCUT2D eigenvalue weighted by atomic mass is 16.5. The van der Waals surface area contributed by atoms with E-state index in [2.05, 4.69) is 5.32 Å². The average molecular weight is 329 g/mol. The molecule has 1 aromatic carbocycles. The number of amides is 1. The molecule has 1 aliphatic heterocycles. The zero-order valence-electron chi connectivity index (χ0n) is 14.3. The third kappa shape index (κ3) is 2.34. The van der Waals surface area contributed by atoms with E-state index in [1.54, 1.807) is 7.11 Å². The van der Waals surface area contributed by atoms with Crippen LogP contribution in [0.2, 0.25) is 0 Å². The summed E-state index contributed by atoms with van der Waals surface area (Å²) in [4.78, 5) is 12.8. The monoisotopic (exact) mass is 329 g/mol. The van der Waals surface area contributed by atoms with Gasteiger partial charge in [-0.15, -0.1) is 0 Å². The summed E-state index contributed by atoms with van der Waals surface area (Å²) in [7, 11) is 1.69. The van der Waals surface area contributed by atoms with Gasteiger partial charge in [-0.25, -0.2) is 0 Å². The molecule has 1 saturated carbocycles. The molecule has 0 radical (unpaired) electrons. The maximum Gasteiger partial charge on any atom is 0.287 e. The Balaban J connectivity index is 1.57. The predicted octanol–water partition coefficient (Wildman–Crippen LogP) is 2.83. The van der Waals surface area contributed by atoms with Crippen molar-refractivity contribution in [2.24, 2.45) is 11.8 Å². The van der Waals surface area contributed by atoms with Crippen LogP contribution in [0.4, 0.5) is 0 Å². The number of aryl methyl sites for hydroxylation is 2. The first kappa shape index (κ1) is 15.7. The lowest BCUT2D eigenvalue weighted by atomic mass is 9.67. The lowest BCUT2D eigenvalue weighted by Gasteiger charge is -2.47. The van der Waals surface area contributed by atoms with E-state index in [4.69, 9.17) is 13.9 Å². The summed E-state index contributed by atoms with van der Waals surface area (Å²) in [6, 6.07) is 6.11. The van der Waals surface area contributed by atoms with Gasteiger partial charge in [-0.3, -0.25) is 4.79 Å². The molecule has 1 N–H and O–H groups in total. The number of furan rings is 1. The largest absolute Gasteiger partial charge is 0.451 e. The highest BCUT2D eigenvalue weighted by molar-refractivity contribution is 5.99. The second-order valence-electron chi connectivity index (χ2n) is 6.96. The molecular weight excluding hydrogens is 306 g/mol. The minimum atomic E-state index is -0.141. The van der Waals surface area contributed by atoms with Gasteiger partial charge in [0.05, 0.1) is 12.7 Å². The van der Waals surface area contributed by atoms with E-state index >= 15 is 0 Å². The van der Waals surface area contributed by atoms with E-state index in [0.717, 1.165) is 35.1 Å². The topological polar surface area (TPSA) is 60.7 Å². The molecule has 2 aromatic rings. The fraction of sp³-hybridized carbons (Fsp3) is 0.526. The normalized spacial score (nSPS) is 28.6. The molecule has 1 amide bonds. The number of hydrogen-bond donors (Lipinski definition) is 1. The second kappa shape index (κ2) is 5.90. The lowest BCUT2D eigenvalue weighted by Crippen LogP contribution is -2.62. The second-order valence-corrected chi connectivity index (χ2v) is 6.96. The van der Waals surface area contributed by atoms with Crippen molar-refractivity contribution >= 4 is 16.9 Å². The zero-order valence-corrected chi connectivity index (χ0v) is 14.3. The Bertz CT molecular complexity index is 781. The van der Waals surface area contributed by atoms with Crippen LogP contribution in [0.25, 0.3) is 11.0 Å². The molecule has 24 heavy (non-hydrogen) atoms. The lowest BCUT2D eigenvalue weighted by molar-refractivity contribution is -0.0811. The molecule has 4 atom stereocenters. The summed E-state index contributed by atoms with van der Waals surface area (Å²) in [6.45, 7) is 5.32. The van der Waals surface area contributed by atoms with Crippen LogP contribution in [0, 0.1) is 25.7 Å². The maximum absolute atomic E-state index is 12.8. The molecule has 0 unspecified atom stereocenters. The van der Waals surface area contributed by atoms with Crippen molar-refractivity contribution < 1.29 is 18.7 Å². The van der Waals surface area contributed by atoms with E-state index in [-0.39, 0.29) is 24.0 Å². The Hall–Kier alpha value is -1.85. The van der Waals surface area contributed by atoms with E-state index in [9.17, 15) is 4.79 Å². The summed E-state index contributed by atoms with van der Waals surface area (Å²) >= 11 is 0. The molecule has 5 heteroatoms. The van der Waals surface area contributed by atoms with E-state index in [0.29, 0.717) is 18.3 Å². The Labute approximate surface area is 141 Å². The number of rotatable bonds is 4. The van der Waals surface area contributed by atoms with Crippen LogP contribution in [0.1, 0.15) is 28.1 Å². The van der Waals surface area contributed by atoms with Crippen molar-refractivity contribution in [2.75, 3.05) is 20.3 Å². The highest BCUT2D eigenvalue weighted by Crippen LogP contribution is 2.44. The molecule has 0 bridgehead atoms. The van der Waals surface area contributed by atoms with Crippen LogP contribution in [0.3, 0.4) is 0 Å². The summed E-state index contributed by atoms with van der Waals surface area (Å²) in [6.07, 6.45) is 1.21. The number of carbonyl (C=O) groups excluding carboxylic acids is 1. The van der Waals surface area contributed by atoms with E-state index < -0.39 is 0 Å². The fourth-order valence-corrected chi connectivity index (χ4v) is 4.20. The van der Waals surface area contributed by atoms with E-state index in [1.165, 1.54) is 0 Å². The van der Waals surface area contributed by atoms with Crippen molar-refractivity contribution in [1.82, 2.24) is 5.32 Å². The maximum atomic E-state index is 12.8. The predicted molar refractivity (Wildman–Crippen MR) is 90.2 cm³/mol. The van der Waals surface area contributed by atoms with Crippen molar-refractivity contribution in [1.29, 1.82) is 0 Å². The van der Waals surface area contributed by atoms with Crippen LogP contribution in [0.5, 0.6) is 0 Å². The van der Waals surface area contributed by atoms with E-state index in [1.807, 2.05) is 32.0 Å². The Morgan fingerprint density at radius 2 is 2.21 bits per heavy atom. The van der Waals surface area contributed by atoms with Gasteiger partial charge in [0, 0.05) is 42.5 Å². The Morgan fingerprint density at radius 1 is 1.38 bits per heavy atom. The third-order valence-electron chi connectivity index (χ3n) is 5.48. The highest BCUT2D eigenvalue weighted by Gasteiger charge is 2.54. The minimum absolute atomic E-state index is 0.0966. The van der Waals surface area contributed by atoms with Crippen molar-refractivity contribution in [3.05, 3.63) is 35.1 Å². The molecule has 1 saturated heterocycles. The zero-order chi connectivity index (χ0) is 16.8. The minimum Gasteiger partial charge on any atom is -0.451 e. The smallest absolute Gasteiger partial charge is 0.287 e. The van der Waals surface area contributed by atoms with Crippen LogP contribution in [0.15, 0.2) is 22.6 Å². The fourth-order valence-electron chi connectivity index (χ4n) is 4.20. The standard InChI is InChI=1S/C19H23NO4/c1-10-4-5-12-11(2)17(24-15(12)8-10)19(21)20-16-13-6-7-23-18(13)14(16)9-22-3/h4-5,8,13-14,16,18H,6-7,9H2,1-3H3,(H,20,21)/t13-,14-,16-,18-/m0/s1. The molecule has 1 aromatic heterocycles. The number of carbonyl (C=O) groups is 1. The van der Waals surface area contributed by atoms with Gasteiger partial charge >= 0.3 is 0 Å². The van der Waals surface area contributed by atoms with Crippen molar-refractivity contribution in [2.45, 2.75) is 32.4 Å². The van der Waals surface area contributed by atoms with Crippen LogP contribution >= 0.6 is 0 Å². The number of fused-ring (bicyclic) bond motifs is 2. The first-order chi connectivity index (χ1) is 11.6. The summed E-state index contributed by atoms with van der Waals surface area (Å²) in [5.74, 6) is 0.881. The first-order valence-electron chi connectivity index (χ1n) is 8.51. The average Bonchev–Trinajstić information content (AvgIpc) is 3.12. The van der Waals surface area contributed by atoms with Gasteiger partial charge in [0.25, 0.3) is 5.91 Å². The summed E-state index contributed by atoms with van der Waals surface area (Å²) in [5, 5.41) is 4.16. The SMILES string of the molecule is COC[C@H]1[C@@H](NC(=O)c2oc3cc(C)ccc3c2C)[C@@H]2CCO[C@@H]21. The first-order valence-corrected chi connectivity index (χ1v) is 8.51. The van der Waals surface area contributed by atoms with Crippen LogP contribution in [-0.4, -0.2) is 38.4 Å². The Kier molecular flexibility index (Phi) is 3.85. The van der Waals surface area contributed by atoms with Gasteiger partial charge in [-0.05, 0) is 31.9 Å². The van der Waals surface area contributed by atoms with Crippen molar-refractivity contribution in [3.63, 3.8) is 0 Å². The number of hydrogen-bond acceptors (Lipinski definition) is 4. The van der Waals surface area contributed by atoms with Gasteiger partial charge < -0.3 is 19.2 Å². The molecule has 5 nitrogen and oxygen atoms in total. The van der Waals surface area contributed by atoms with Gasteiger partial charge in [0.1, 0.15) is 5.58 Å². The Morgan fingerprint density at radius 3 is 3.00 bits per heavy atom. The molecule has 1 aliphatic carbocycles. The molecule has 2 aliphatic rings. The number of methoxy groups -OCH3 is 1. The number of benzene rings is 1. The molecule has 0 spiro atoms. The van der Waals surface area contributed by atoms with Crippen LogP contribution < -0.4 is 5.32 Å². The molecule has 128 valence electrons. The van der Waals surface area contributed by atoms with Gasteiger partial charge in [-0.1, -0.05) is 12.1 Å². The summed E-state index contributed by atoms with van der Waals surface area (Å²) < 4.78 is 16.9. The molecule has 4 rings (SSSR count). The number of ether oxygens (including phenoxy) is 2. The van der Waals surface area contributed by atoms with Crippen molar-refractivity contribution in [3.8, 4) is 0 Å². The van der Waals surface area contributed by atoms with Gasteiger partial charge in [-0.2, -0.15) is 0 Å². The van der Waals surface area contributed by atoms with Crippen LogP contribution in [-0.2, 0) is 9.47 Å². The quantitative estimate of drug-likeness (QED) is 0.937. The third-order valence-corrected chi connectivity index (χ3v) is 5.48. The van der Waals surface area contributed by atoms with Gasteiger partial charge in [0.2, 0.25) is 0 Å².